The first kappa shape index (κ1) is 23.5. The van der Waals surface area contributed by atoms with Crippen LogP contribution in [0.2, 0.25) is 5.02 Å². The third-order valence-electron chi connectivity index (χ3n) is 6.72. The van der Waals surface area contributed by atoms with Crippen LogP contribution in [-0.4, -0.2) is 46.5 Å². The Morgan fingerprint density at radius 3 is 2.60 bits per heavy atom. The molecule has 0 bridgehead atoms. The van der Waals surface area contributed by atoms with E-state index in [4.69, 9.17) is 16.1 Å². The lowest BCUT2D eigenvalue weighted by atomic mass is 9.95. The van der Waals surface area contributed by atoms with Crippen LogP contribution < -0.4 is 10.2 Å². The normalized spacial score (nSPS) is 17.2. The predicted octanol–water partition coefficient (Wildman–Crippen LogP) is 4.68. The van der Waals surface area contributed by atoms with E-state index in [0.29, 0.717) is 29.7 Å². The second kappa shape index (κ2) is 10.2. The standard InChI is InChI=1S/C26H28ClN5O3/c1-17-15-21(8-9-22(17)32-12-2-3-24(32)33)28-26(34)19-10-13-31(14-11-19)16-23-29-25(30-35-23)18-4-6-20(27)7-5-18/h4-9,15,19H,2-3,10-14,16H2,1H3,(H,28,34). The number of amides is 2. The fraction of sp³-hybridized carbons (Fsp3) is 0.385. The lowest BCUT2D eigenvalue weighted by Gasteiger charge is -2.30. The summed E-state index contributed by atoms with van der Waals surface area (Å²) >= 11 is 5.94. The summed E-state index contributed by atoms with van der Waals surface area (Å²) in [4.78, 5) is 33.5. The van der Waals surface area contributed by atoms with Gasteiger partial charge in [0.25, 0.3) is 0 Å². The van der Waals surface area contributed by atoms with Crippen LogP contribution in [0.3, 0.4) is 0 Å². The number of aryl methyl sites for hydroxylation is 1. The molecular formula is C26H28ClN5O3. The summed E-state index contributed by atoms with van der Waals surface area (Å²) in [5.41, 5.74) is 3.55. The average molecular weight is 494 g/mol. The molecule has 2 aliphatic heterocycles. The van der Waals surface area contributed by atoms with Crippen LogP contribution in [0.15, 0.2) is 47.0 Å². The van der Waals surface area contributed by atoms with Crippen LogP contribution in [0.5, 0.6) is 0 Å². The molecule has 35 heavy (non-hydrogen) atoms. The molecule has 0 spiro atoms. The highest BCUT2D eigenvalue weighted by Crippen LogP contribution is 2.28. The number of rotatable bonds is 6. The zero-order valence-corrected chi connectivity index (χ0v) is 20.4. The first-order valence-corrected chi connectivity index (χ1v) is 12.4. The number of piperidine rings is 1. The Balaban J connectivity index is 1.12. The monoisotopic (exact) mass is 493 g/mol. The Bertz CT molecular complexity index is 1220. The van der Waals surface area contributed by atoms with Crippen molar-refractivity contribution >= 4 is 34.8 Å². The van der Waals surface area contributed by atoms with Crippen LogP contribution in [0.4, 0.5) is 11.4 Å². The van der Waals surface area contributed by atoms with Crippen molar-refractivity contribution in [2.75, 3.05) is 29.9 Å². The average Bonchev–Trinajstić information content (AvgIpc) is 3.49. The van der Waals surface area contributed by atoms with Gasteiger partial charge in [0, 0.05) is 40.8 Å². The maximum Gasteiger partial charge on any atom is 0.241 e. The van der Waals surface area contributed by atoms with Gasteiger partial charge < -0.3 is 14.7 Å². The molecule has 2 saturated heterocycles. The number of nitrogens with zero attached hydrogens (tertiary/aromatic N) is 4. The van der Waals surface area contributed by atoms with Gasteiger partial charge >= 0.3 is 0 Å². The molecule has 0 unspecified atom stereocenters. The molecule has 2 amide bonds. The molecule has 8 nitrogen and oxygen atoms in total. The first-order chi connectivity index (χ1) is 17.0. The van der Waals surface area contributed by atoms with Gasteiger partial charge in [-0.25, -0.2) is 0 Å². The van der Waals surface area contributed by atoms with Gasteiger partial charge in [-0.2, -0.15) is 4.98 Å². The molecule has 3 heterocycles. The molecule has 0 aliphatic carbocycles. The van der Waals surface area contributed by atoms with Crippen molar-refractivity contribution in [1.29, 1.82) is 0 Å². The fourth-order valence-corrected chi connectivity index (χ4v) is 4.89. The Morgan fingerprint density at radius 1 is 1.14 bits per heavy atom. The first-order valence-electron chi connectivity index (χ1n) is 12.0. The van der Waals surface area contributed by atoms with Crippen molar-refractivity contribution in [2.24, 2.45) is 5.92 Å². The number of anilines is 2. The van der Waals surface area contributed by atoms with Gasteiger partial charge in [-0.05, 0) is 87.3 Å². The van der Waals surface area contributed by atoms with E-state index in [1.54, 1.807) is 12.1 Å². The number of hydrogen-bond acceptors (Lipinski definition) is 6. The third kappa shape index (κ3) is 5.39. The second-order valence-corrected chi connectivity index (χ2v) is 9.64. The predicted molar refractivity (Wildman–Crippen MR) is 134 cm³/mol. The number of halogens is 1. The van der Waals surface area contributed by atoms with Crippen LogP contribution >= 0.6 is 11.6 Å². The van der Waals surface area contributed by atoms with Crippen LogP contribution in [0.25, 0.3) is 11.4 Å². The molecule has 0 saturated carbocycles. The highest BCUT2D eigenvalue weighted by atomic mass is 35.5. The Morgan fingerprint density at radius 2 is 1.91 bits per heavy atom. The number of benzene rings is 2. The molecule has 2 fully saturated rings. The minimum atomic E-state index is -0.0429. The van der Waals surface area contributed by atoms with E-state index in [0.717, 1.165) is 61.4 Å². The Hall–Kier alpha value is -3.23. The minimum absolute atomic E-state index is 0.0388. The van der Waals surface area contributed by atoms with Crippen molar-refractivity contribution in [3.63, 3.8) is 0 Å². The van der Waals surface area contributed by atoms with Crippen LogP contribution in [0.1, 0.15) is 37.1 Å². The minimum Gasteiger partial charge on any atom is -0.338 e. The summed E-state index contributed by atoms with van der Waals surface area (Å²) in [6, 6.07) is 13.1. The van der Waals surface area contributed by atoms with Gasteiger partial charge in [0.2, 0.25) is 23.5 Å². The summed E-state index contributed by atoms with van der Waals surface area (Å²) in [6.45, 7) is 4.86. The number of nitrogens with one attached hydrogen (secondary N) is 1. The molecule has 182 valence electrons. The van der Waals surface area contributed by atoms with E-state index in [-0.39, 0.29) is 17.7 Å². The summed E-state index contributed by atoms with van der Waals surface area (Å²) in [7, 11) is 0. The number of aromatic nitrogens is 2. The summed E-state index contributed by atoms with van der Waals surface area (Å²) in [5.74, 6) is 1.26. The molecule has 1 N–H and O–H groups in total. The van der Waals surface area contributed by atoms with Gasteiger partial charge in [0.1, 0.15) is 0 Å². The van der Waals surface area contributed by atoms with Crippen LogP contribution in [0, 0.1) is 12.8 Å². The zero-order chi connectivity index (χ0) is 24.4. The van der Waals surface area contributed by atoms with Crippen molar-refractivity contribution < 1.29 is 14.1 Å². The molecular weight excluding hydrogens is 466 g/mol. The number of likely N-dealkylation sites (tertiary alicyclic amines) is 1. The molecule has 1 aromatic heterocycles. The van der Waals surface area contributed by atoms with E-state index >= 15 is 0 Å². The molecule has 0 radical (unpaired) electrons. The smallest absolute Gasteiger partial charge is 0.241 e. The largest absolute Gasteiger partial charge is 0.338 e. The van der Waals surface area contributed by atoms with E-state index in [9.17, 15) is 9.59 Å². The van der Waals surface area contributed by atoms with E-state index < -0.39 is 0 Å². The topological polar surface area (TPSA) is 91.6 Å². The number of hydrogen-bond donors (Lipinski definition) is 1. The fourth-order valence-electron chi connectivity index (χ4n) is 4.76. The van der Waals surface area contributed by atoms with Gasteiger partial charge in [-0.1, -0.05) is 16.8 Å². The maximum atomic E-state index is 12.9. The lowest BCUT2D eigenvalue weighted by molar-refractivity contribution is -0.121. The lowest BCUT2D eigenvalue weighted by Crippen LogP contribution is -2.37. The molecule has 2 aliphatic rings. The molecule has 5 rings (SSSR count). The number of carbonyl (C=O) groups excluding carboxylic acids is 2. The highest BCUT2D eigenvalue weighted by Gasteiger charge is 2.27. The molecule has 3 aromatic rings. The highest BCUT2D eigenvalue weighted by molar-refractivity contribution is 6.30. The summed E-state index contributed by atoms with van der Waals surface area (Å²) in [5, 5.41) is 7.79. The van der Waals surface area contributed by atoms with Gasteiger partial charge in [0.05, 0.1) is 6.54 Å². The van der Waals surface area contributed by atoms with E-state index in [1.165, 1.54) is 0 Å². The third-order valence-corrected chi connectivity index (χ3v) is 6.97. The zero-order valence-electron chi connectivity index (χ0n) is 19.7. The van der Waals surface area contributed by atoms with Crippen molar-refractivity contribution in [2.45, 2.75) is 39.2 Å². The van der Waals surface area contributed by atoms with E-state index in [2.05, 4.69) is 20.4 Å². The quantitative estimate of drug-likeness (QED) is 0.536. The molecule has 9 heteroatoms. The van der Waals surface area contributed by atoms with Crippen LogP contribution in [-0.2, 0) is 16.1 Å². The number of carbonyl (C=O) groups is 2. The van der Waals surface area contributed by atoms with Crippen molar-refractivity contribution in [1.82, 2.24) is 15.0 Å². The van der Waals surface area contributed by atoms with Gasteiger partial charge in [-0.3, -0.25) is 14.5 Å². The SMILES string of the molecule is Cc1cc(NC(=O)C2CCN(Cc3nc(-c4ccc(Cl)cc4)no3)CC2)ccc1N1CCCC1=O. The van der Waals surface area contributed by atoms with Gasteiger partial charge in [0.15, 0.2) is 0 Å². The summed E-state index contributed by atoms with van der Waals surface area (Å²) in [6.07, 6.45) is 3.03. The van der Waals surface area contributed by atoms with Crippen molar-refractivity contribution in [3.8, 4) is 11.4 Å². The Labute approximate surface area is 209 Å². The maximum absolute atomic E-state index is 12.9. The second-order valence-electron chi connectivity index (χ2n) is 9.21. The molecule has 0 atom stereocenters. The van der Waals surface area contributed by atoms with Crippen molar-refractivity contribution in [3.05, 3.63) is 58.9 Å². The van der Waals surface area contributed by atoms with Gasteiger partial charge in [-0.15, -0.1) is 0 Å². The molecule has 2 aromatic carbocycles. The summed E-state index contributed by atoms with van der Waals surface area (Å²) < 4.78 is 5.43. The Kier molecular flexibility index (Phi) is 6.83. The van der Waals surface area contributed by atoms with E-state index in [1.807, 2.05) is 42.2 Å².